The van der Waals surface area contributed by atoms with Gasteiger partial charge in [0.05, 0.1) is 0 Å². The second-order valence-electron chi connectivity index (χ2n) is 5.36. The van der Waals surface area contributed by atoms with Crippen molar-refractivity contribution in [2.24, 2.45) is 0 Å². The number of amides is 1. The molecule has 0 aliphatic heterocycles. The van der Waals surface area contributed by atoms with Crippen LogP contribution in [0, 0.1) is 0 Å². The standard InChI is InChI=1S/C14H23N3O3/c1-14(2,3)20-13(18)17-16-12-11(7-5-9-15-12)8-6-10-19-4/h5,7,9H,6,8,10H2,1-4H3,(H,15,16)(H,17,18). The van der Waals surface area contributed by atoms with Crippen molar-refractivity contribution >= 4 is 11.9 Å². The highest BCUT2D eigenvalue weighted by Gasteiger charge is 2.16. The van der Waals surface area contributed by atoms with E-state index in [1.54, 1.807) is 13.3 Å². The van der Waals surface area contributed by atoms with Gasteiger partial charge in [0.2, 0.25) is 0 Å². The van der Waals surface area contributed by atoms with Gasteiger partial charge in [0.1, 0.15) is 11.4 Å². The molecule has 6 heteroatoms. The van der Waals surface area contributed by atoms with E-state index >= 15 is 0 Å². The largest absolute Gasteiger partial charge is 0.443 e. The number of ether oxygens (including phenoxy) is 2. The zero-order valence-corrected chi connectivity index (χ0v) is 12.5. The average Bonchev–Trinajstić information content (AvgIpc) is 2.36. The Morgan fingerprint density at radius 3 is 2.80 bits per heavy atom. The summed E-state index contributed by atoms with van der Waals surface area (Å²) < 4.78 is 10.2. The maximum Gasteiger partial charge on any atom is 0.426 e. The topological polar surface area (TPSA) is 72.5 Å². The van der Waals surface area contributed by atoms with Crippen LogP contribution in [-0.2, 0) is 15.9 Å². The fourth-order valence-corrected chi connectivity index (χ4v) is 1.57. The van der Waals surface area contributed by atoms with Crippen molar-refractivity contribution in [1.29, 1.82) is 0 Å². The Balaban J connectivity index is 2.52. The van der Waals surface area contributed by atoms with Crippen molar-refractivity contribution in [2.45, 2.75) is 39.2 Å². The third kappa shape index (κ3) is 6.38. The third-order valence-corrected chi connectivity index (χ3v) is 2.37. The van der Waals surface area contributed by atoms with Crippen molar-refractivity contribution in [2.75, 3.05) is 19.1 Å². The summed E-state index contributed by atoms with van der Waals surface area (Å²) in [5.74, 6) is 0.620. The molecule has 1 rings (SSSR count). The summed E-state index contributed by atoms with van der Waals surface area (Å²) in [6.45, 7) is 6.12. The second kappa shape index (κ2) is 7.69. The van der Waals surface area contributed by atoms with E-state index < -0.39 is 11.7 Å². The zero-order chi connectivity index (χ0) is 15.0. The van der Waals surface area contributed by atoms with Gasteiger partial charge in [0.25, 0.3) is 0 Å². The molecule has 1 aromatic rings. The minimum absolute atomic E-state index is 0.531. The van der Waals surface area contributed by atoms with E-state index in [1.807, 2.05) is 32.9 Å². The first-order valence-electron chi connectivity index (χ1n) is 6.60. The molecule has 20 heavy (non-hydrogen) atoms. The van der Waals surface area contributed by atoms with Crippen molar-refractivity contribution in [3.8, 4) is 0 Å². The van der Waals surface area contributed by atoms with Crippen LogP contribution in [0.1, 0.15) is 32.8 Å². The molecule has 0 aliphatic carbocycles. The summed E-state index contributed by atoms with van der Waals surface area (Å²) in [6, 6.07) is 3.82. The van der Waals surface area contributed by atoms with Crippen LogP contribution in [0.4, 0.5) is 10.6 Å². The fourth-order valence-electron chi connectivity index (χ4n) is 1.57. The summed E-state index contributed by atoms with van der Waals surface area (Å²) in [4.78, 5) is 15.8. The maximum atomic E-state index is 11.6. The molecule has 0 spiro atoms. The Morgan fingerprint density at radius 2 is 2.15 bits per heavy atom. The number of hydrogen-bond acceptors (Lipinski definition) is 5. The van der Waals surface area contributed by atoms with Crippen molar-refractivity contribution < 1.29 is 14.3 Å². The lowest BCUT2D eigenvalue weighted by molar-refractivity contribution is 0.0541. The summed E-state index contributed by atoms with van der Waals surface area (Å²) in [5.41, 5.74) is 5.75. The van der Waals surface area contributed by atoms with Gasteiger partial charge in [-0.25, -0.2) is 15.2 Å². The van der Waals surface area contributed by atoms with E-state index in [0.29, 0.717) is 12.4 Å². The predicted molar refractivity (Wildman–Crippen MR) is 77.4 cm³/mol. The first-order valence-corrected chi connectivity index (χ1v) is 6.60. The number of carbonyl (C=O) groups excluding carboxylic acids is 1. The summed E-state index contributed by atoms with van der Waals surface area (Å²) in [5, 5.41) is 0. The molecule has 112 valence electrons. The molecule has 6 nitrogen and oxygen atoms in total. The van der Waals surface area contributed by atoms with Gasteiger partial charge in [-0.15, -0.1) is 0 Å². The zero-order valence-electron chi connectivity index (χ0n) is 12.5. The van der Waals surface area contributed by atoms with Gasteiger partial charge in [0.15, 0.2) is 0 Å². The monoisotopic (exact) mass is 281 g/mol. The molecule has 0 saturated carbocycles. The predicted octanol–water partition coefficient (Wildman–Crippen LogP) is 2.51. The van der Waals surface area contributed by atoms with Crippen LogP contribution in [0.3, 0.4) is 0 Å². The number of rotatable bonds is 6. The molecule has 1 amide bonds. The van der Waals surface area contributed by atoms with Gasteiger partial charge in [-0.3, -0.25) is 5.43 Å². The minimum Gasteiger partial charge on any atom is -0.443 e. The molecular formula is C14H23N3O3. The van der Waals surface area contributed by atoms with E-state index in [0.717, 1.165) is 18.4 Å². The van der Waals surface area contributed by atoms with Gasteiger partial charge in [-0.2, -0.15) is 0 Å². The number of nitrogens with one attached hydrogen (secondary N) is 2. The molecule has 1 heterocycles. The van der Waals surface area contributed by atoms with E-state index in [2.05, 4.69) is 15.8 Å². The second-order valence-corrected chi connectivity index (χ2v) is 5.36. The van der Waals surface area contributed by atoms with Gasteiger partial charge in [-0.1, -0.05) is 6.07 Å². The molecule has 2 N–H and O–H groups in total. The number of methoxy groups -OCH3 is 1. The molecule has 0 fully saturated rings. The molecular weight excluding hydrogens is 258 g/mol. The number of hydrogen-bond donors (Lipinski definition) is 2. The SMILES string of the molecule is COCCCc1cccnc1NNC(=O)OC(C)(C)C. The molecule has 0 radical (unpaired) electrons. The van der Waals surface area contributed by atoms with Crippen molar-refractivity contribution in [3.05, 3.63) is 23.9 Å². The van der Waals surface area contributed by atoms with Crippen LogP contribution in [0.15, 0.2) is 18.3 Å². The quantitative estimate of drug-likeness (QED) is 0.619. The highest BCUT2D eigenvalue weighted by molar-refractivity contribution is 5.69. The number of aromatic nitrogens is 1. The van der Waals surface area contributed by atoms with E-state index in [9.17, 15) is 4.79 Å². The number of anilines is 1. The Hall–Kier alpha value is -1.82. The minimum atomic E-state index is -0.536. The molecule has 0 bridgehead atoms. The Kier molecular flexibility index (Phi) is 6.24. The maximum absolute atomic E-state index is 11.6. The van der Waals surface area contributed by atoms with E-state index in [1.165, 1.54) is 0 Å². The van der Waals surface area contributed by atoms with Crippen molar-refractivity contribution in [3.63, 3.8) is 0 Å². The van der Waals surface area contributed by atoms with Crippen LogP contribution in [0.5, 0.6) is 0 Å². The smallest absolute Gasteiger partial charge is 0.426 e. The number of nitrogens with zero attached hydrogens (tertiary/aromatic N) is 1. The molecule has 0 aliphatic rings. The normalized spacial score (nSPS) is 11.0. The van der Waals surface area contributed by atoms with Crippen LogP contribution < -0.4 is 10.9 Å². The van der Waals surface area contributed by atoms with E-state index in [-0.39, 0.29) is 0 Å². The van der Waals surface area contributed by atoms with Gasteiger partial charge >= 0.3 is 6.09 Å². The number of pyridine rings is 1. The van der Waals surface area contributed by atoms with Crippen LogP contribution >= 0.6 is 0 Å². The Morgan fingerprint density at radius 1 is 1.40 bits per heavy atom. The van der Waals surface area contributed by atoms with Crippen molar-refractivity contribution in [1.82, 2.24) is 10.4 Å². The molecule has 0 unspecified atom stereocenters. The molecule has 0 saturated heterocycles. The van der Waals surface area contributed by atoms with Crippen LogP contribution in [-0.4, -0.2) is 30.4 Å². The van der Waals surface area contributed by atoms with Gasteiger partial charge in [0, 0.05) is 19.9 Å². The first kappa shape index (κ1) is 16.2. The number of carbonyl (C=O) groups is 1. The summed E-state index contributed by atoms with van der Waals surface area (Å²) >= 11 is 0. The van der Waals surface area contributed by atoms with Gasteiger partial charge < -0.3 is 9.47 Å². The summed E-state index contributed by atoms with van der Waals surface area (Å²) in [7, 11) is 1.67. The molecule has 0 atom stereocenters. The molecule has 0 aromatic carbocycles. The average molecular weight is 281 g/mol. The number of aryl methyl sites for hydroxylation is 1. The van der Waals surface area contributed by atoms with Crippen LogP contribution in [0.25, 0.3) is 0 Å². The summed E-state index contributed by atoms with van der Waals surface area (Å²) in [6.07, 6.45) is 2.84. The van der Waals surface area contributed by atoms with Gasteiger partial charge in [-0.05, 0) is 45.2 Å². The highest BCUT2D eigenvalue weighted by atomic mass is 16.6. The van der Waals surface area contributed by atoms with E-state index in [4.69, 9.17) is 9.47 Å². The third-order valence-electron chi connectivity index (χ3n) is 2.37. The lowest BCUT2D eigenvalue weighted by Gasteiger charge is -2.20. The Bertz CT molecular complexity index is 430. The number of hydrazine groups is 1. The fraction of sp³-hybridized carbons (Fsp3) is 0.571. The van der Waals surface area contributed by atoms with Crippen LogP contribution in [0.2, 0.25) is 0 Å². The Labute approximate surface area is 119 Å². The molecule has 1 aromatic heterocycles. The highest BCUT2D eigenvalue weighted by Crippen LogP contribution is 2.13. The lowest BCUT2D eigenvalue weighted by atomic mass is 10.1. The lowest BCUT2D eigenvalue weighted by Crippen LogP contribution is -2.36. The first-order chi connectivity index (χ1) is 9.42.